The van der Waals surface area contributed by atoms with Crippen LogP contribution in [0.5, 0.6) is 28.7 Å². The number of likely N-dealkylation sites (N-methyl/N-ethyl adjacent to an activating group) is 1. The lowest BCUT2D eigenvalue weighted by Gasteiger charge is -2.60. The van der Waals surface area contributed by atoms with Crippen LogP contribution < -0.4 is 30.2 Å². The van der Waals surface area contributed by atoms with Gasteiger partial charge < -0.3 is 40.4 Å². The Morgan fingerprint density at radius 1 is 1.12 bits per heavy atom. The zero-order chi connectivity index (χ0) is 34.7. The number of nitrogens with zero attached hydrogens (tertiary/aromatic N) is 3. The van der Waals surface area contributed by atoms with E-state index in [-0.39, 0.29) is 48.9 Å². The number of para-hydroxylation sites is 1. The van der Waals surface area contributed by atoms with E-state index in [2.05, 4.69) is 31.8 Å². The highest BCUT2D eigenvalue weighted by atomic mass is 32.1. The predicted molar refractivity (Wildman–Crippen MR) is 186 cm³/mol. The first kappa shape index (κ1) is 32.8. The number of hydrogen-bond acceptors (Lipinski definition) is 10. The largest absolute Gasteiger partial charge is 0.507 e. The number of ether oxygens (including phenoxy) is 3. The lowest BCUT2D eigenvalue weighted by Crippen LogP contribution is -2.68. The first-order valence-corrected chi connectivity index (χ1v) is 16.8. The van der Waals surface area contributed by atoms with E-state index in [1.807, 2.05) is 50.4 Å². The molecule has 0 aromatic heterocycles. The van der Waals surface area contributed by atoms with Crippen LogP contribution in [0.3, 0.4) is 0 Å². The van der Waals surface area contributed by atoms with Crippen LogP contribution in [0.4, 0.5) is 5.69 Å². The van der Waals surface area contributed by atoms with Gasteiger partial charge in [0.2, 0.25) is 12.7 Å². The van der Waals surface area contributed by atoms with Crippen molar-refractivity contribution in [3.8, 4) is 34.8 Å². The summed E-state index contributed by atoms with van der Waals surface area (Å²) in [4.78, 5) is 17.9. The maximum Gasteiger partial charge on any atom is 0.242 e. The maximum absolute atomic E-state index is 13.6. The average Bonchev–Trinajstić information content (AvgIpc) is 3.57. The third-order valence-corrected chi connectivity index (χ3v) is 10.8. The fraction of sp³-hybridized carbons (Fsp3) is 0.417. The second kappa shape index (κ2) is 12.6. The van der Waals surface area contributed by atoms with Gasteiger partial charge in [-0.3, -0.25) is 14.6 Å². The first-order valence-electron chi connectivity index (χ1n) is 16.4. The number of methoxy groups -OCH3 is 1. The average molecular weight is 685 g/mol. The van der Waals surface area contributed by atoms with E-state index in [0.29, 0.717) is 51.9 Å². The second-order valence-electron chi connectivity index (χ2n) is 13.2. The molecule has 4 aliphatic heterocycles. The Morgan fingerprint density at radius 2 is 1.86 bits per heavy atom. The highest BCUT2D eigenvalue weighted by molar-refractivity contribution is 7.80. The topological polar surface area (TPSA) is 152 Å². The Labute approximate surface area is 290 Å². The highest BCUT2D eigenvalue weighted by Crippen LogP contribution is 2.58. The number of nitriles is 1. The molecule has 1 fully saturated rings. The van der Waals surface area contributed by atoms with Crippen LogP contribution >= 0.6 is 12.2 Å². The summed E-state index contributed by atoms with van der Waals surface area (Å²) in [5.74, 6) is 1.29. The molecule has 12 nitrogen and oxygen atoms in total. The zero-order valence-electron chi connectivity index (χ0n) is 28.0. The summed E-state index contributed by atoms with van der Waals surface area (Å²) in [7, 11) is 3.53. The van der Waals surface area contributed by atoms with Gasteiger partial charge in [-0.25, -0.2) is 0 Å². The minimum atomic E-state index is -0.683. The number of phenolic OH excluding ortho intramolecular Hbond substituents is 2. The van der Waals surface area contributed by atoms with E-state index in [0.717, 1.165) is 22.4 Å². The van der Waals surface area contributed by atoms with Crippen molar-refractivity contribution in [2.45, 2.75) is 69.9 Å². The molecule has 5 N–H and O–H groups in total. The molecule has 49 heavy (non-hydrogen) atoms. The number of carbonyl (C=O) groups excluding carboxylic acids is 1. The smallest absolute Gasteiger partial charge is 0.242 e. The summed E-state index contributed by atoms with van der Waals surface area (Å²) in [5, 5.41) is 43.7. The summed E-state index contributed by atoms with van der Waals surface area (Å²) >= 11 is 5.47. The summed E-state index contributed by atoms with van der Waals surface area (Å²) < 4.78 is 17.5. The lowest BCUT2D eigenvalue weighted by molar-refractivity contribution is -0.123. The molecule has 4 aliphatic rings. The number of fused-ring (bicyclic) bond motifs is 9. The Bertz CT molecular complexity index is 1880. The van der Waals surface area contributed by atoms with Gasteiger partial charge in [-0.15, -0.1) is 0 Å². The van der Waals surface area contributed by atoms with Crippen molar-refractivity contribution >= 4 is 28.9 Å². The Balaban J connectivity index is 1.27. The molecule has 0 radical (unpaired) electrons. The van der Waals surface area contributed by atoms with E-state index < -0.39 is 18.1 Å². The van der Waals surface area contributed by atoms with Gasteiger partial charge in [0.05, 0.1) is 25.3 Å². The molecule has 4 heterocycles. The van der Waals surface area contributed by atoms with E-state index in [4.69, 9.17) is 26.4 Å². The van der Waals surface area contributed by atoms with Gasteiger partial charge in [0.1, 0.15) is 17.8 Å². The van der Waals surface area contributed by atoms with Crippen molar-refractivity contribution in [2.75, 3.05) is 32.8 Å². The SMILES string of the molecule is COc1c(C)cc2c(c1O)[C@@H]1[C@@H]3Cc4c(O)c(C)c5c(c4[C@H](CNC(=O)[C@H](C)NC(=S)Nc4ccccc4)N3[C@@H](C#N)[C@@H](C2)N1C)OCO5. The van der Waals surface area contributed by atoms with Crippen LogP contribution in [0.15, 0.2) is 36.4 Å². The molecule has 0 saturated carbocycles. The summed E-state index contributed by atoms with van der Waals surface area (Å²) in [6.07, 6.45) is 0.910. The van der Waals surface area contributed by atoms with Crippen molar-refractivity contribution in [3.05, 3.63) is 69.8 Å². The summed E-state index contributed by atoms with van der Waals surface area (Å²) in [5.41, 5.74) is 5.30. The predicted octanol–water partition coefficient (Wildman–Crippen LogP) is 3.71. The quantitative estimate of drug-likeness (QED) is 0.241. The standard InChI is InChI=1S/C36H40N6O6S/c1-17-11-20-12-23-25(14-37)42-24(29(41(23)4)27(20)31(44)32(17)46-5)13-22-28(34-33(47-16-48-34)18(2)30(22)43)26(42)15-38-35(45)19(3)39-36(49)40-21-9-7-6-8-10-21/h6-11,19,23-26,29,43-44H,12-13,15-16H2,1-5H3,(H,38,45)(H2,39,40,49)/t19-,23+,24-,25-,26-,29-/m0/s1. The molecule has 13 heteroatoms. The number of phenols is 2. The first-order chi connectivity index (χ1) is 23.5. The number of hydrogen-bond donors (Lipinski definition) is 5. The Hall–Kier alpha value is -4.77. The van der Waals surface area contributed by atoms with Crippen LogP contribution in [0.25, 0.3) is 0 Å². The third kappa shape index (κ3) is 5.26. The number of piperazine rings is 1. The fourth-order valence-electron chi connectivity index (χ4n) is 8.34. The highest BCUT2D eigenvalue weighted by Gasteiger charge is 2.56. The number of anilines is 1. The monoisotopic (exact) mass is 684 g/mol. The van der Waals surface area contributed by atoms with Crippen molar-refractivity contribution < 1.29 is 29.2 Å². The van der Waals surface area contributed by atoms with Crippen LogP contribution in [0, 0.1) is 25.2 Å². The molecule has 0 unspecified atom stereocenters. The van der Waals surface area contributed by atoms with Crippen molar-refractivity contribution in [2.24, 2.45) is 0 Å². The number of rotatable bonds is 6. The van der Waals surface area contributed by atoms with E-state index in [9.17, 15) is 20.3 Å². The number of thiocarbonyl (C=S) groups is 1. The molecule has 1 amide bonds. The van der Waals surface area contributed by atoms with Crippen molar-refractivity contribution in [3.63, 3.8) is 0 Å². The molecule has 0 spiro atoms. The number of carbonyl (C=O) groups is 1. The van der Waals surface area contributed by atoms with Crippen LogP contribution in [0.1, 0.15) is 52.4 Å². The zero-order valence-corrected chi connectivity index (χ0v) is 28.9. The van der Waals surface area contributed by atoms with Crippen molar-refractivity contribution in [1.29, 1.82) is 5.26 Å². The number of nitrogens with one attached hydrogen (secondary N) is 3. The molecule has 0 aliphatic carbocycles. The molecular formula is C36H40N6O6S. The normalized spacial score (nSPS) is 24.0. The number of aryl methyl sites for hydroxylation is 1. The molecule has 3 aromatic rings. The van der Waals surface area contributed by atoms with Gasteiger partial charge in [0.25, 0.3) is 0 Å². The minimum absolute atomic E-state index is 0.00253. The maximum atomic E-state index is 13.6. The minimum Gasteiger partial charge on any atom is -0.507 e. The molecule has 256 valence electrons. The molecule has 1 saturated heterocycles. The molecule has 2 bridgehead atoms. The van der Waals surface area contributed by atoms with Gasteiger partial charge in [0, 0.05) is 46.6 Å². The van der Waals surface area contributed by atoms with Crippen LogP contribution in [-0.2, 0) is 17.6 Å². The number of benzene rings is 3. The van der Waals surface area contributed by atoms with E-state index >= 15 is 0 Å². The van der Waals surface area contributed by atoms with E-state index in [1.165, 1.54) is 0 Å². The van der Waals surface area contributed by atoms with Crippen LogP contribution in [0.2, 0.25) is 0 Å². The van der Waals surface area contributed by atoms with Gasteiger partial charge in [0.15, 0.2) is 28.1 Å². The number of amides is 1. The summed E-state index contributed by atoms with van der Waals surface area (Å²) in [6, 6.07) is 11.3. The van der Waals surface area contributed by atoms with Crippen molar-refractivity contribution in [1.82, 2.24) is 20.4 Å². The Morgan fingerprint density at radius 3 is 2.57 bits per heavy atom. The van der Waals surface area contributed by atoms with Gasteiger partial charge >= 0.3 is 0 Å². The third-order valence-electron chi connectivity index (χ3n) is 10.5. The molecule has 6 atom stereocenters. The van der Waals surface area contributed by atoms with E-state index in [1.54, 1.807) is 21.0 Å². The number of aromatic hydroxyl groups is 2. The lowest BCUT2D eigenvalue weighted by atomic mass is 9.71. The summed E-state index contributed by atoms with van der Waals surface area (Å²) in [6.45, 7) is 5.53. The van der Waals surface area contributed by atoms with Gasteiger partial charge in [-0.05, 0) is 76.1 Å². The Kier molecular flexibility index (Phi) is 8.42. The fourth-order valence-corrected chi connectivity index (χ4v) is 8.64. The molecular weight excluding hydrogens is 644 g/mol. The molecule has 3 aromatic carbocycles. The molecule has 7 rings (SSSR count). The van der Waals surface area contributed by atoms with Crippen LogP contribution in [-0.4, -0.2) is 82.7 Å². The second-order valence-corrected chi connectivity index (χ2v) is 13.6. The van der Waals surface area contributed by atoms with Gasteiger partial charge in [-0.1, -0.05) is 24.3 Å². The van der Waals surface area contributed by atoms with Gasteiger partial charge in [-0.2, -0.15) is 5.26 Å².